The molecule has 17 nitrogen and oxygen atoms in total. The van der Waals surface area contributed by atoms with Crippen molar-refractivity contribution in [3.8, 4) is 5.75 Å². The summed E-state index contributed by atoms with van der Waals surface area (Å²) < 4.78 is 121. The normalized spacial score (nSPS) is 12.5. The molecule has 0 fully saturated rings. The molecule has 248 valence electrons. The van der Waals surface area contributed by atoms with Gasteiger partial charge in [0, 0.05) is 16.2 Å². The molecule has 0 saturated heterocycles. The van der Waals surface area contributed by atoms with Crippen LogP contribution < -0.4 is 64.8 Å². The van der Waals surface area contributed by atoms with E-state index < -0.39 is 68.9 Å². The van der Waals surface area contributed by atoms with Crippen molar-refractivity contribution in [2.45, 2.75) is 14.7 Å². The molecule has 4 aromatic carbocycles. The fourth-order valence-corrected chi connectivity index (χ4v) is 6.74. The number of nitrogens with zero attached hydrogens (tertiary/aromatic N) is 4. The van der Waals surface area contributed by atoms with Crippen molar-refractivity contribution in [3.05, 3.63) is 78.7 Å². The van der Waals surface area contributed by atoms with Crippen LogP contribution in [0.5, 0.6) is 5.75 Å². The molecule has 0 atom stereocenters. The van der Waals surface area contributed by atoms with Crippen molar-refractivity contribution < 1.29 is 111 Å². The first-order chi connectivity index (χ1) is 21.8. The minimum Gasteiger partial charge on any atom is -0.744 e. The smallest absolute Gasteiger partial charge is 0.744 e. The summed E-state index contributed by atoms with van der Waals surface area (Å²) in [5.74, 6) is -1.57. The van der Waals surface area contributed by atoms with Crippen molar-refractivity contribution in [2.24, 2.45) is 20.5 Å². The molecule has 0 aliphatic heterocycles. The molecule has 0 amide bonds. The van der Waals surface area contributed by atoms with E-state index in [2.05, 4.69) is 31.2 Å². The van der Waals surface area contributed by atoms with Crippen LogP contribution in [0.1, 0.15) is 0 Å². The van der Waals surface area contributed by atoms with Gasteiger partial charge in [-0.1, -0.05) is 6.58 Å². The SMILES string of the molecule is C=CS(=O)(=O)c1ccc(N=Nc2c(S(=O)(=O)[O-])cc3c(N=Nc4ccc(S(=O)(=O)CCOS(=O)(=O)[O-])cc4)c(N)ccc3c2O)cc1.[Na+].[Na+]. The molecular formula is C26H21N5Na2O12S4. The summed E-state index contributed by atoms with van der Waals surface area (Å²) in [6.07, 6.45) is 0. The van der Waals surface area contributed by atoms with E-state index in [-0.39, 0.29) is 102 Å². The molecule has 0 unspecified atom stereocenters. The van der Waals surface area contributed by atoms with Gasteiger partial charge < -0.3 is 19.9 Å². The van der Waals surface area contributed by atoms with Gasteiger partial charge in [0.1, 0.15) is 21.5 Å². The van der Waals surface area contributed by atoms with E-state index in [1.807, 2.05) is 0 Å². The minimum absolute atomic E-state index is 0. The maximum Gasteiger partial charge on any atom is 1.00 e. The van der Waals surface area contributed by atoms with Crippen LogP contribution in [-0.2, 0) is 44.4 Å². The van der Waals surface area contributed by atoms with Gasteiger partial charge in [-0.2, -0.15) is 10.2 Å². The average Bonchev–Trinajstić information content (AvgIpc) is 2.99. The summed E-state index contributed by atoms with van der Waals surface area (Å²) in [5.41, 5.74) is 5.24. The van der Waals surface area contributed by atoms with E-state index in [1.165, 1.54) is 48.5 Å². The van der Waals surface area contributed by atoms with E-state index in [4.69, 9.17) is 5.73 Å². The number of nitrogen functional groups attached to an aromatic ring is 1. The van der Waals surface area contributed by atoms with E-state index in [9.17, 15) is 47.9 Å². The van der Waals surface area contributed by atoms with Crippen LogP contribution in [-0.4, -0.2) is 60.2 Å². The third kappa shape index (κ3) is 10.7. The Balaban J connectivity index is 0.00000417. The third-order valence-electron chi connectivity index (χ3n) is 6.20. The molecule has 0 bridgehead atoms. The number of fused-ring (bicyclic) bond motifs is 1. The summed E-state index contributed by atoms with van der Waals surface area (Å²) in [7, 11) is -18.1. The molecule has 23 heteroatoms. The molecule has 3 N–H and O–H groups in total. The molecule has 0 aliphatic carbocycles. The third-order valence-corrected chi connectivity index (χ3v) is 10.6. The molecule has 0 spiro atoms. The Kier molecular flexibility index (Phi) is 14.4. The van der Waals surface area contributed by atoms with Crippen molar-refractivity contribution in [1.82, 2.24) is 0 Å². The maximum atomic E-state index is 12.4. The molecule has 0 saturated carbocycles. The Morgan fingerprint density at radius 2 is 1.24 bits per heavy atom. The van der Waals surface area contributed by atoms with E-state index in [1.54, 1.807) is 0 Å². The van der Waals surface area contributed by atoms with Crippen LogP contribution in [0.3, 0.4) is 0 Å². The van der Waals surface area contributed by atoms with E-state index >= 15 is 0 Å². The van der Waals surface area contributed by atoms with Gasteiger partial charge in [-0.25, -0.2) is 33.7 Å². The van der Waals surface area contributed by atoms with Crippen molar-refractivity contribution >= 4 is 79.4 Å². The van der Waals surface area contributed by atoms with Crippen molar-refractivity contribution in [1.29, 1.82) is 0 Å². The number of phenolic OH excluding ortho intramolecular Hbond substituents is 1. The summed E-state index contributed by atoms with van der Waals surface area (Å²) >= 11 is 0. The standard InChI is InChI=1S/C26H23N5O12S4.2Na/c1-2-44(33,34)18-7-3-17(4-8-18)29-31-25-23(46(37,38)39)15-21-20(26(25)32)11-12-22(27)24(21)30-28-16-5-9-19(10-6-16)45(35,36)14-13-43-47(40,41)42;;/h2-12,15,32H,1,13-14,27H2,(H,37,38,39)(H,40,41,42);;/q;2*+1/p-2. The number of phenols is 1. The number of azo groups is 2. The summed E-state index contributed by atoms with van der Waals surface area (Å²) in [6.45, 7) is 2.34. The van der Waals surface area contributed by atoms with Gasteiger partial charge in [0.25, 0.3) is 0 Å². The van der Waals surface area contributed by atoms with Gasteiger partial charge in [-0.3, -0.25) is 4.18 Å². The van der Waals surface area contributed by atoms with E-state index in [0.717, 1.165) is 23.6 Å². The largest absolute Gasteiger partial charge is 1.00 e. The number of hydrogen-bond acceptors (Lipinski definition) is 17. The van der Waals surface area contributed by atoms with E-state index in [0.29, 0.717) is 0 Å². The Morgan fingerprint density at radius 3 is 1.73 bits per heavy atom. The summed E-state index contributed by atoms with van der Waals surface area (Å²) in [6, 6.07) is 13.1. The van der Waals surface area contributed by atoms with Gasteiger partial charge >= 0.3 is 59.1 Å². The molecule has 0 aliphatic rings. The zero-order valence-corrected chi connectivity index (χ0v) is 32.8. The van der Waals surface area contributed by atoms with Crippen molar-refractivity contribution in [2.75, 3.05) is 18.1 Å². The van der Waals surface area contributed by atoms with Crippen LogP contribution in [0.4, 0.5) is 28.4 Å². The number of aromatic hydroxyl groups is 1. The zero-order chi connectivity index (χ0) is 34.8. The van der Waals surface area contributed by atoms with Crippen LogP contribution in [0.15, 0.2) is 114 Å². The topological polar surface area (TPSA) is 288 Å². The zero-order valence-electron chi connectivity index (χ0n) is 25.5. The van der Waals surface area contributed by atoms with Gasteiger partial charge in [0.05, 0.1) is 44.1 Å². The second kappa shape index (κ2) is 16.6. The van der Waals surface area contributed by atoms with Gasteiger partial charge in [-0.05, 0) is 66.7 Å². The summed E-state index contributed by atoms with van der Waals surface area (Å²) in [4.78, 5) is -1.32. The van der Waals surface area contributed by atoms with Crippen LogP contribution in [0.25, 0.3) is 10.8 Å². The summed E-state index contributed by atoms with van der Waals surface area (Å²) in [5, 5.41) is 27.1. The maximum absolute atomic E-state index is 12.4. The van der Waals surface area contributed by atoms with Gasteiger partial charge in [-0.15, -0.1) is 10.2 Å². The molecule has 4 rings (SSSR count). The Morgan fingerprint density at radius 1 is 0.735 bits per heavy atom. The van der Waals surface area contributed by atoms with Crippen LogP contribution >= 0.6 is 0 Å². The number of hydrogen-bond donors (Lipinski definition) is 2. The first-order valence-corrected chi connectivity index (χ1v) is 18.5. The number of benzene rings is 4. The average molecular weight is 770 g/mol. The second-order valence-electron chi connectivity index (χ2n) is 9.27. The number of anilines is 1. The second-order valence-corrected chi connectivity index (χ2v) is 15.7. The van der Waals surface area contributed by atoms with Crippen LogP contribution in [0.2, 0.25) is 0 Å². The van der Waals surface area contributed by atoms with Gasteiger partial charge in [0.15, 0.2) is 25.4 Å². The van der Waals surface area contributed by atoms with Crippen LogP contribution in [0, 0.1) is 0 Å². The molecule has 0 heterocycles. The molecule has 4 aromatic rings. The first-order valence-electron chi connectivity index (χ1n) is 12.6. The Labute approximate surface area is 325 Å². The molecular weight excluding hydrogens is 749 g/mol. The fourth-order valence-electron chi connectivity index (χ4n) is 3.92. The number of nitrogens with two attached hydrogens (primary N) is 1. The first kappa shape index (κ1) is 42.5. The minimum atomic E-state index is -5.30. The molecule has 49 heavy (non-hydrogen) atoms. The predicted molar refractivity (Wildman–Crippen MR) is 164 cm³/mol. The predicted octanol–water partition coefficient (Wildman–Crippen LogP) is -1.96. The Bertz CT molecular complexity index is 2390. The fraction of sp³-hybridized carbons (Fsp3) is 0.0769. The number of sulfone groups is 2. The van der Waals surface area contributed by atoms with Crippen molar-refractivity contribution in [3.63, 3.8) is 0 Å². The Hall–Kier alpha value is -2.64. The monoisotopic (exact) mass is 769 g/mol. The molecule has 0 radical (unpaired) electrons. The molecule has 0 aromatic heterocycles. The quantitative estimate of drug-likeness (QED) is 0.0521. The van der Waals surface area contributed by atoms with Gasteiger partial charge in [0.2, 0.25) is 10.4 Å². The number of rotatable bonds is 12.